The van der Waals surface area contributed by atoms with Crippen molar-refractivity contribution >= 4 is 5.97 Å². The van der Waals surface area contributed by atoms with E-state index in [9.17, 15) is 13.6 Å². The SMILES string of the molecule is C[C@]1(O)CC(=O)OCC1(F)F. The molecule has 1 rings (SSSR count). The Bertz CT molecular complexity index is 188. The second-order valence-corrected chi connectivity index (χ2v) is 2.82. The highest BCUT2D eigenvalue weighted by molar-refractivity contribution is 5.72. The van der Waals surface area contributed by atoms with Crippen LogP contribution < -0.4 is 0 Å². The van der Waals surface area contributed by atoms with Crippen molar-refractivity contribution in [2.45, 2.75) is 24.9 Å². The van der Waals surface area contributed by atoms with E-state index in [-0.39, 0.29) is 0 Å². The number of aliphatic hydroxyl groups is 1. The van der Waals surface area contributed by atoms with Gasteiger partial charge in [-0.05, 0) is 6.92 Å². The Morgan fingerprint density at radius 1 is 1.64 bits per heavy atom. The van der Waals surface area contributed by atoms with Crippen LogP contribution in [0.25, 0.3) is 0 Å². The van der Waals surface area contributed by atoms with E-state index in [0.717, 1.165) is 6.92 Å². The minimum Gasteiger partial charge on any atom is -0.459 e. The summed E-state index contributed by atoms with van der Waals surface area (Å²) >= 11 is 0. The summed E-state index contributed by atoms with van der Waals surface area (Å²) in [6.45, 7) is -0.105. The highest BCUT2D eigenvalue weighted by Crippen LogP contribution is 2.35. The molecule has 1 aliphatic heterocycles. The Kier molecular flexibility index (Phi) is 1.63. The number of cyclic esters (lactones) is 1. The predicted octanol–water partition coefficient (Wildman–Crippen LogP) is 0.320. The fourth-order valence-corrected chi connectivity index (χ4v) is 0.788. The standard InChI is InChI=1S/C6H8F2O3/c1-5(10)2-4(9)11-3-6(5,7)8/h10H,2-3H2,1H3/t5-/m0/s1. The van der Waals surface area contributed by atoms with Crippen LogP contribution in [0.15, 0.2) is 0 Å². The first-order valence-corrected chi connectivity index (χ1v) is 3.11. The van der Waals surface area contributed by atoms with E-state index in [0.29, 0.717) is 0 Å². The molecular weight excluding hydrogens is 158 g/mol. The predicted molar refractivity (Wildman–Crippen MR) is 31.1 cm³/mol. The van der Waals surface area contributed by atoms with Crippen molar-refractivity contribution in [2.24, 2.45) is 0 Å². The quantitative estimate of drug-likeness (QED) is 0.527. The number of halogens is 2. The second kappa shape index (κ2) is 2.14. The van der Waals surface area contributed by atoms with Gasteiger partial charge in [-0.25, -0.2) is 0 Å². The lowest BCUT2D eigenvalue weighted by Gasteiger charge is -2.35. The van der Waals surface area contributed by atoms with Crippen LogP contribution >= 0.6 is 0 Å². The third-order valence-electron chi connectivity index (χ3n) is 1.69. The Labute approximate surface area is 62.0 Å². The molecule has 0 saturated carbocycles. The van der Waals surface area contributed by atoms with E-state index in [4.69, 9.17) is 5.11 Å². The first-order chi connectivity index (χ1) is 4.85. The van der Waals surface area contributed by atoms with Crippen LogP contribution in [0.3, 0.4) is 0 Å². The van der Waals surface area contributed by atoms with Gasteiger partial charge in [0.15, 0.2) is 6.61 Å². The first-order valence-electron chi connectivity index (χ1n) is 3.11. The molecular formula is C6H8F2O3. The smallest absolute Gasteiger partial charge is 0.309 e. The number of carbonyl (C=O) groups is 1. The summed E-state index contributed by atoms with van der Waals surface area (Å²) in [5, 5.41) is 9.02. The summed E-state index contributed by atoms with van der Waals surface area (Å²) in [6, 6.07) is 0. The third kappa shape index (κ3) is 1.33. The van der Waals surface area contributed by atoms with Gasteiger partial charge in [0.2, 0.25) is 0 Å². The van der Waals surface area contributed by atoms with Gasteiger partial charge < -0.3 is 9.84 Å². The molecule has 64 valence electrons. The number of carbonyl (C=O) groups excluding carboxylic acids is 1. The maximum Gasteiger partial charge on any atom is 0.309 e. The number of ether oxygens (including phenoxy) is 1. The summed E-state index contributed by atoms with van der Waals surface area (Å²) in [7, 11) is 0. The van der Waals surface area contributed by atoms with Crippen molar-refractivity contribution in [3.63, 3.8) is 0 Å². The van der Waals surface area contributed by atoms with E-state index in [2.05, 4.69) is 4.74 Å². The zero-order chi connectivity index (χ0) is 8.70. The number of hydrogen-bond acceptors (Lipinski definition) is 3. The Hall–Kier alpha value is -0.710. The van der Waals surface area contributed by atoms with Crippen molar-refractivity contribution in [1.29, 1.82) is 0 Å². The van der Waals surface area contributed by atoms with Crippen molar-refractivity contribution < 1.29 is 23.4 Å². The lowest BCUT2D eigenvalue weighted by molar-refractivity contribution is -0.231. The highest BCUT2D eigenvalue weighted by atomic mass is 19.3. The fourth-order valence-electron chi connectivity index (χ4n) is 0.788. The van der Waals surface area contributed by atoms with Crippen LogP contribution in [0.4, 0.5) is 8.78 Å². The van der Waals surface area contributed by atoms with Gasteiger partial charge in [-0.15, -0.1) is 0 Å². The molecule has 0 aromatic rings. The van der Waals surface area contributed by atoms with Crippen molar-refractivity contribution in [2.75, 3.05) is 6.61 Å². The molecule has 0 radical (unpaired) electrons. The van der Waals surface area contributed by atoms with Crippen molar-refractivity contribution in [1.82, 2.24) is 0 Å². The van der Waals surface area contributed by atoms with Gasteiger partial charge in [0.25, 0.3) is 0 Å². The van der Waals surface area contributed by atoms with Crippen LogP contribution in [0.5, 0.6) is 0 Å². The van der Waals surface area contributed by atoms with Gasteiger partial charge in [-0.1, -0.05) is 0 Å². The van der Waals surface area contributed by atoms with Gasteiger partial charge in [0.1, 0.15) is 5.60 Å². The third-order valence-corrected chi connectivity index (χ3v) is 1.69. The van der Waals surface area contributed by atoms with Gasteiger partial charge >= 0.3 is 11.9 Å². The molecule has 1 aliphatic rings. The highest BCUT2D eigenvalue weighted by Gasteiger charge is 2.54. The molecule has 0 amide bonds. The second-order valence-electron chi connectivity index (χ2n) is 2.82. The van der Waals surface area contributed by atoms with Crippen LogP contribution in [0, 0.1) is 0 Å². The average Bonchev–Trinajstić information content (AvgIpc) is 1.80. The molecule has 1 atom stereocenters. The maximum absolute atomic E-state index is 12.6. The van der Waals surface area contributed by atoms with E-state index in [1.807, 2.05) is 0 Å². The van der Waals surface area contributed by atoms with Gasteiger partial charge in [0.05, 0.1) is 6.42 Å². The molecule has 0 aliphatic carbocycles. The number of alkyl halides is 2. The van der Waals surface area contributed by atoms with Crippen LogP contribution in [0.1, 0.15) is 13.3 Å². The number of hydrogen-bond donors (Lipinski definition) is 1. The van der Waals surface area contributed by atoms with Gasteiger partial charge in [-0.3, -0.25) is 4.79 Å². The molecule has 5 heteroatoms. The molecule has 0 aromatic heterocycles. The van der Waals surface area contributed by atoms with Crippen molar-refractivity contribution in [3.8, 4) is 0 Å². The van der Waals surface area contributed by atoms with E-state index < -0.39 is 30.5 Å². The largest absolute Gasteiger partial charge is 0.459 e. The van der Waals surface area contributed by atoms with E-state index in [1.54, 1.807) is 0 Å². The first kappa shape index (κ1) is 8.39. The summed E-state index contributed by atoms with van der Waals surface area (Å²) < 4.78 is 29.3. The van der Waals surface area contributed by atoms with Gasteiger partial charge in [-0.2, -0.15) is 8.78 Å². The van der Waals surface area contributed by atoms with Crippen molar-refractivity contribution in [3.05, 3.63) is 0 Å². The lowest BCUT2D eigenvalue weighted by atomic mass is 9.93. The average molecular weight is 166 g/mol. The Morgan fingerprint density at radius 2 is 2.18 bits per heavy atom. The Balaban J connectivity index is 2.80. The molecule has 0 aromatic carbocycles. The monoisotopic (exact) mass is 166 g/mol. The summed E-state index contributed by atoms with van der Waals surface area (Å²) in [5.41, 5.74) is -2.26. The Morgan fingerprint density at radius 3 is 2.55 bits per heavy atom. The van der Waals surface area contributed by atoms with Crippen LogP contribution in [-0.2, 0) is 9.53 Å². The molecule has 0 unspecified atom stereocenters. The molecule has 1 fully saturated rings. The summed E-state index contributed by atoms with van der Waals surface area (Å²) in [4.78, 5) is 10.5. The molecule has 3 nitrogen and oxygen atoms in total. The van der Waals surface area contributed by atoms with Gasteiger partial charge in [0, 0.05) is 0 Å². The minimum atomic E-state index is -3.33. The lowest BCUT2D eigenvalue weighted by Crippen LogP contribution is -2.54. The minimum absolute atomic E-state index is 0.653. The maximum atomic E-state index is 12.6. The molecule has 0 spiro atoms. The molecule has 1 heterocycles. The zero-order valence-electron chi connectivity index (χ0n) is 5.93. The van der Waals surface area contributed by atoms with Crippen LogP contribution in [0.2, 0.25) is 0 Å². The van der Waals surface area contributed by atoms with E-state index >= 15 is 0 Å². The van der Waals surface area contributed by atoms with E-state index in [1.165, 1.54) is 0 Å². The van der Waals surface area contributed by atoms with Crippen LogP contribution in [-0.4, -0.2) is 29.2 Å². The molecule has 1 saturated heterocycles. The fraction of sp³-hybridized carbons (Fsp3) is 0.833. The zero-order valence-corrected chi connectivity index (χ0v) is 5.93. The summed E-state index contributed by atoms with van der Waals surface area (Å²) in [5.74, 6) is -4.12. The topological polar surface area (TPSA) is 46.5 Å². The molecule has 0 bridgehead atoms. The normalized spacial score (nSPS) is 36.5. The molecule has 11 heavy (non-hydrogen) atoms. The molecule has 1 N–H and O–H groups in total. The number of rotatable bonds is 0. The number of esters is 1. The summed E-state index contributed by atoms with van der Waals surface area (Å²) in [6.07, 6.45) is -0.653.